The highest BCUT2D eigenvalue weighted by molar-refractivity contribution is 5.91. The fourth-order valence-electron chi connectivity index (χ4n) is 2.59. The molecule has 0 fully saturated rings. The van der Waals surface area contributed by atoms with Gasteiger partial charge in [-0.2, -0.15) is 0 Å². The summed E-state index contributed by atoms with van der Waals surface area (Å²) in [5.74, 6) is 0.418. The first kappa shape index (κ1) is 16.3. The lowest BCUT2D eigenvalue weighted by molar-refractivity contribution is -0.116. The maximum atomic E-state index is 12.2. The van der Waals surface area contributed by atoms with Crippen molar-refractivity contribution in [3.63, 3.8) is 0 Å². The normalized spacial score (nSPS) is 12.0. The van der Waals surface area contributed by atoms with Gasteiger partial charge in [-0.1, -0.05) is 48.9 Å². The Morgan fingerprint density at radius 1 is 1.00 bits per heavy atom. The van der Waals surface area contributed by atoms with Crippen LogP contribution in [0, 0.1) is 26.7 Å². The SMILES string of the molecule is Cc1ccc(C[C@@H](C)CC(=O)Nc2cc(C)ccc2C)cc1. The first-order valence-corrected chi connectivity index (χ1v) is 7.86. The number of amides is 1. The van der Waals surface area contributed by atoms with E-state index in [9.17, 15) is 4.79 Å². The van der Waals surface area contributed by atoms with Gasteiger partial charge in [0.05, 0.1) is 0 Å². The Balaban J connectivity index is 1.91. The molecule has 0 heterocycles. The third-order valence-corrected chi connectivity index (χ3v) is 3.91. The minimum atomic E-state index is 0.0910. The summed E-state index contributed by atoms with van der Waals surface area (Å²) >= 11 is 0. The molecule has 1 atom stereocenters. The molecule has 116 valence electrons. The number of benzene rings is 2. The number of rotatable bonds is 5. The molecule has 0 saturated carbocycles. The molecular weight excluding hydrogens is 270 g/mol. The van der Waals surface area contributed by atoms with Gasteiger partial charge < -0.3 is 5.32 Å². The smallest absolute Gasteiger partial charge is 0.224 e. The van der Waals surface area contributed by atoms with Crippen LogP contribution < -0.4 is 5.32 Å². The van der Waals surface area contributed by atoms with E-state index in [1.54, 1.807) is 0 Å². The van der Waals surface area contributed by atoms with Crippen molar-refractivity contribution in [1.29, 1.82) is 0 Å². The Labute approximate surface area is 133 Å². The van der Waals surface area contributed by atoms with Crippen LogP contribution in [0.25, 0.3) is 0 Å². The van der Waals surface area contributed by atoms with Gasteiger partial charge in [0.2, 0.25) is 5.91 Å². The molecule has 1 amide bonds. The first-order chi connectivity index (χ1) is 10.4. The Hall–Kier alpha value is -2.09. The van der Waals surface area contributed by atoms with Crippen LogP contribution in [0.3, 0.4) is 0 Å². The van der Waals surface area contributed by atoms with Crippen molar-refractivity contribution in [1.82, 2.24) is 0 Å². The van der Waals surface area contributed by atoms with Crippen molar-refractivity contribution >= 4 is 11.6 Å². The molecule has 2 nitrogen and oxygen atoms in total. The number of hydrogen-bond donors (Lipinski definition) is 1. The lowest BCUT2D eigenvalue weighted by Gasteiger charge is -2.13. The topological polar surface area (TPSA) is 29.1 Å². The number of hydrogen-bond acceptors (Lipinski definition) is 1. The Kier molecular flexibility index (Phi) is 5.37. The molecule has 0 saturated heterocycles. The Bertz CT molecular complexity index is 643. The van der Waals surface area contributed by atoms with E-state index in [4.69, 9.17) is 0 Å². The molecule has 2 aromatic rings. The molecule has 22 heavy (non-hydrogen) atoms. The monoisotopic (exact) mass is 295 g/mol. The zero-order chi connectivity index (χ0) is 16.1. The van der Waals surface area contributed by atoms with Crippen molar-refractivity contribution in [2.75, 3.05) is 5.32 Å². The number of nitrogens with one attached hydrogen (secondary N) is 1. The van der Waals surface area contributed by atoms with Crippen molar-refractivity contribution in [3.05, 3.63) is 64.7 Å². The van der Waals surface area contributed by atoms with E-state index in [0.29, 0.717) is 12.3 Å². The second kappa shape index (κ2) is 7.26. The van der Waals surface area contributed by atoms with Gasteiger partial charge in [-0.25, -0.2) is 0 Å². The molecule has 0 aliphatic rings. The van der Waals surface area contributed by atoms with Gasteiger partial charge in [0.1, 0.15) is 0 Å². The summed E-state index contributed by atoms with van der Waals surface area (Å²) in [6, 6.07) is 14.7. The van der Waals surface area contributed by atoms with Crippen LogP contribution in [0.2, 0.25) is 0 Å². The molecule has 0 bridgehead atoms. The highest BCUT2D eigenvalue weighted by Gasteiger charge is 2.11. The van der Waals surface area contributed by atoms with E-state index >= 15 is 0 Å². The molecule has 0 spiro atoms. The van der Waals surface area contributed by atoms with E-state index in [-0.39, 0.29) is 5.91 Å². The van der Waals surface area contributed by atoms with Gasteiger partial charge >= 0.3 is 0 Å². The Morgan fingerprint density at radius 3 is 2.32 bits per heavy atom. The average molecular weight is 295 g/mol. The zero-order valence-corrected chi connectivity index (χ0v) is 13.9. The van der Waals surface area contributed by atoms with E-state index in [1.807, 2.05) is 26.0 Å². The average Bonchev–Trinajstić information content (AvgIpc) is 2.45. The maximum Gasteiger partial charge on any atom is 0.224 e. The first-order valence-electron chi connectivity index (χ1n) is 7.86. The summed E-state index contributed by atoms with van der Waals surface area (Å²) in [7, 11) is 0. The zero-order valence-electron chi connectivity index (χ0n) is 13.9. The van der Waals surface area contributed by atoms with E-state index < -0.39 is 0 Å². The highest BCUT2D eigenvalue weighted by Crippen LogP contribution is 2.18. The molecule has 2 aromatic carbocycles. The van der Waals surface area contributed by atoms with Gasteiger partial charge in [-0.3, -0.25) is 4.79 Å². The van der Waals surface area contributed by atoms with Gasteiger partial charge in [0.15, 0.2) is 0 Å². The largest absolute Gasteiger partial charge is 0.326 e. The molecular formula is C20H25NO. The van der Waals surface area contributed by atoms with Crippen LogP contribution in [0.4, 0.5) is 5.69 Å². The second-order valence-electron chi connectivity index (χ2n) is 6.37. The maximum absolute atomic E-state index is 12.2. The van der Waals surface area contributed by atoms with Crippen LogP contribution in [-0.4, -0.2) is 5.91 Å². The molecule has 1 N–H and O–H groups in total. The summed E-state index contributed by atoms with van der Waals surface area (Å²) in [5.41, 5.74) is 5.74. The number of carbonyl (C=O) groups is 1. The van der Waals surface area contributed by atoms with Crippen molar-refractivity contribution < 1.29 is 4.79 Å². The van der Waals surface area contributed by atoms with Crippen LogP contribution in [0.5, 0.6) is 0 Å². The quantitative estimate of drug-likeness (QED) is 0.842. The lowest BCUT2D eigenvalue weighted by Crippen LogP contribution is -2.17. The van der Waals surface area contributed by atoms with Crippen LogP contribution in [-0.2, 0) is 11.2 Å². The Morgan fingerprint density at radius 2 is 1.64 bits per heavy atom. The fourth-order valence-corrected chi connectivity index (χ4v) is 2.59. The van der Waals surface area contributed by atoms with Crippen LogP contribution in [0.1, 0.15) is 35.6 Å². The molecule has 2 heteroatoms. The number of anilines is 1. The summed E-state index contributed by atoms with van der Waals surface area (Å²) in [4.78, 5) is 12.2. The molecule has 0 unspecified atom stereocenters. The minimum absolute atomic E-state index is 0.0910. The van der Waals surface area contributed by atoms with Gasteiger partial charge in [-0.05, 0) is 55.9 Å². The van der Waals surface area contributed by atoms with Crippen LogP contribution >= 0.6 is 0 Å². The van der Waals surface area contributed by atoms with Crippen molar-refractivity contribution in [3.8, 4) is 0 Å². The van der Waals surface area contributed by atoms with E-state index in [0.717, 1.165) is 23.2 Å². The van der Waals surface area contributed by atoms with E-state index in [1.165, 1.54) is 11.1 Å². The number of aryl methyl sites for hydroxylation is 3. The van der Waals surface area contributed by atoms with Gasteiger partial charge in [0, 0.05) is 12.1 Å². The van der Waals surface area contributed by atoms with Crippen LogP contribution in [0.15, 0.2) is 42.5 Å². The molecule has 0 radical (unpaired) electrons. The second-order valence-corrected chi connectivity index (χ2v) is 6.37. The minimum Gasteiger partial charge on any atom is -0.326 e. The summed E-state index contributed by atoms with van der Waals surface area (Å²) in [5, 5.41) is 3.04. The summed E-state index contributed by atoms with van der Waals surface area (Å²) in [6.07, 6.45) is 1.47. The molecule has 0 aliphatic carbocycles. The molecule has 2 rings (SSSR count). The van der Waals surface area contributed by atoms with E-state index in [2.05, 4.69) is 49.5 Å². The molecule has 0 aliphatic heterocycles. The number of carbonyl (C=O) groups excluding carboxylic acids is 1. The van der Waals surface area contributed by atoms with Gasteiger partial charge in [-0.15, -0.1) is 0 Å². The predicted octanol–water partition coefficient (Wildman–Crippen LogP) is 4.82. The van der Waals surface area contributed by atoms with Gasteiger partial charge in [0.25, 0.3) is 0 Å². The summed E-state index contributed by atoms with van der Waals surface area (Å²) in [6.45, 7) is 8.27. The van der Waals surface area contributed by atoms with Crippen molar-refractivity contribution in [2.24, 2.45) is 5.92 Å². The lowest BCUT2D eigenvalue weighted by atomic mass is 9.97. The third kappa shape index (κ3) is 4.73. The highest BCUT2D eigenvalue weighted by atomic mass is 16.1. The predicted molar refractivity (Wildman–Crippen MR) is 93.2 cm³/mol. The third-order valence-electron chi connectivity index (χ3n) is 3.91. The fraction of sp³-hybridized carbons (Fsp3) is 0.350. The standard InChI is InChI=1S/C20H25NO/c1-14-6-9-18(10-7-14)11-16(3)13-20(22)21-19-12-15(2)5-8-17(19)4/h5-10,12,16H,11,13H2,1-4H3,(H,21,22)/t16-/m1/s1. The summed E-state index contributed by atoms with van der Waals surface area (Å²) < 4.78 is 0. The molecule has 0 aromatic heterocycles. The van der Waals surface area contributed by atoms with Crippen molar-refractivity contribution in [2.45, 2.75) is 40.5 Å².